The molecule has 0 saturated carbocycles. The summed E-state index contributed by atoms with van der Waals surface area (Å²) >= 11 is 0. The summed E-state index contributed by atoms with van der Waals surface area (Å²) < 4.78 is 34.3. The predicted molar refractivity (Wildman–Crippen MR) is 314 cm³/mol. The number of carbonyl (C=O) groups is 1. The second-order valence-electron chi connectivity index (χ2n) is 23.9. The van der Waals surface area contributed by atoms with Crippen LogP contribution in [0.3, 0.4) is 0 Å². The van der Waals surface area contributed by atoms with Crippen molar-refractivity contribution in [3.05, 3.63) is 12.2 Å². The van der Waals surface area contributed by atoms with Crippen LogP contribution in [0.4, 0.5) is 0 Å². The average molecular weight is 1180 g/mol. The molecule has 17 atom stereocenters. The lowest BCUT2D eigenvalue weighted by Gasteiger charge is -2.48. The van der Waals surface area contributed by atoms with Crippen molar-refractivity contribution >= 4 is 5.91 Å². The highest BCUT2D eigenvalue weighted by atomic mass is 16.8. The van der Waals surface area contributed by atoms with Crippen molar-refractivity contribution in [3.8, 4) is 0 Å². The monoisotopic (exact) mass is 1180 g/mol. The zero-order valence-corrected chi connectivity index (χ0v) is 50.7. The van der Waals surface area contributed by atoms with Crippen LogP contribution in [-0.4, -0.2) is 193 Å². The van der Waals surface area contributed by atoms with Crippen LogP contribution in [0.15, 0.2) is 12.2 Å². The minimum atomic E-state index is -1.97. The molecule has 3 aliphatic rings. The van der Waals surface area contributed by atoms with E-state index in [2.05, 4.69) is 31.3 Å². The number of amides is 1. The average Bonchev–Trinajstić information content (AvgIpc) is 3.34. The number of carbonyl (C=O) groups excluding carboxylic acids is 1. The summed E-state index contributed by atoms with van der Waals surface area (Å²) in [6.07, 6.45) is 21.6. The summed E-state index contributed by atoms with van der Waals surface area (Å²) in [7, 11) is 0. The maximum absolute atomic E-state index is 13.3. The fraction of sp³-hybridized carbons (Fsp3) is 0.952. The molecule has 19 nitrogen and oxygen atoms in total. The molecule has 3 rings (SSSR count). The zero-order valence-electron chi connectivity index (χ0n) is 50.7. The van der Waals surface area contributed by atoms with Crippen molar-refractivity contribution in [2.24, 2.45) is 0 Å². The van der Waals surface area contributed by atoms with E-state index in [1.807, 2.05) is 0 Å². The van der Waals surface area contributed by atoms with Gasteiger partial charge in [-0.25, -0.2) is 0 Å². The number of hydrogen-bond donors (Lipinski definition) is 12. The van der Waals surface area contributed by atoms with Gasteiger partial charge in [-0.15, -0.1) is 0 Å². The van der Waals surface area contributed by atoms with Crippen molar-refractivity contribution in [1.82, 2.24) is 5.32 Å². The molecule has 3 saturated heterocycles. The van der Waals surface area contributed by atoms with Crippen molar-refractivity contribution < 1.29 is 89.4 Å². The lowest BCUT2D eigenvalue weighted by Crippen LogP contribution is -2.66. The van der Waals surface area contributed by atoms with Crippen molar-refractivity contribution in [2.75, 3.05) is 26.4 Å². The van der Waals surface area contributed by atoms with E-state index in [4.69, 9.17) is 28.4 Å². The lowest BCUT2D eigenvalue weighted by atomic mass is 9.96. The number of rotatable bonds is 50. The van der Waals surface area contributed by atoms with Gasteiger partial charge in [0.15, 0.2) is 18.9 Å². The molecule has 0 aromatic carbocycles. The first-order chi connectivity index (χ1) is 39.8. The molecular weight excluding hydrogens is 1060 g/mol. The SMILES string of the molecule is CCCCC/C=C\CCCCCCCC(=O)NC(COC1OC(CO)C(OC2OC(CO)C(OC3OC(CO)C(O)C(O)C3O)C(O)C2O)C(O)C1O)C(O)CCCCCCCCCCCCCCCCCCCCCCCCCCC. The summed E-state index contributed by atoms with van der Waals surface area (Å²) in [5.41, 5.74) is 0. The molecule has 0 aromatic rings. The van der Waals surface area contributed by atoms with Crippen LogP contribution in [0.5, 0.6) is 0 Å². The topological polar surface area (TPSA) is 307 Å². The number of hydrogen-bond acceptors (Lipinski definition) is 18. The molecular formula is C63H119NO18. The van der Waals surface area contributed by atoms with E-state index >= 15 is 0 Å². The summed E-state index contributed by atoms with van der Waals surface area (Å²) in [5, 5.41) is 120. The fourth-order valence-corrected chi connectivity index (χ4v) is 11.4. The Morgan fingerprint density at radius 1 is 0.427 bits per heavy atom. The summed E-state index contributed by atoms with van der Waals surface area (Å²) in [5.74, 6) is -0.250. The molecule has 0 aliphatic carbocycles. The first-order valence-electron chi connectivity index (χ1n) is 32.9. The summed E-state index contributed by atoms with van der Waals surface area (Å²) in [6, 6.07) is -0.888. The van der Waals surface area contributed by atoms with E-state index in [1.165, 1.54) is 154 Å². The van der Waals surface area contributed by atoms with Crippen LogP contribution in [0, 0.1) is 0 Å². The van der Waals surface area contributed by atoms with Gasteiger partial charge in [-0.05, 0) is 38.5 Å². The third-order valence-electron chi connectivity index (χ3n) is 16.8. The maximum Gasteiger partial charge on any atom is 0.220 e. The Kier molecular flexibility index (Phi) is 42.5. The Balaban J connectivity index is 1.42. The van der Waals surface area contributed by atoms with E-state index < -0.39 is 124 Å². The number of aliphatic hydroxyl groups is 11. The molecule has 3 heterocycles. The van der Waals surface area contributed by atoms with Crippen molar-refractivity contribution in [1.29, 1.82) is 0 Å². The second-order valence-corrected chi connectivity index (χ2v) is 23.9. The second kappa shape index (κ2) is 46.7. The van der Waals surface area contributed by atoms with Gasteiger partial charge < -0.3 is 89.9 Å². The van der Waals surface area contributed by atoms with E-state index in [9.17, 15) is 61.0 Å². The highest BCUT2D eigenvalue weighted by Gasteiger charge is 2.53. The van der Waals surface area contributed by atoms with E-state index in [-0.39, 0.29) is 18.9 Å². The molecule has 0 spiro atoms. The molecule has 82 heavy (non-hydrogen) atoms. The Labute approximate surface area is 493 Å². The van der Waals surface area contributed by atoms with E-state index in [1.54, 1.807) is 0 Å². The molecule has 484 valence electrons. The van der Waals surface area contributed by atoms with E-state index in [0.717, 1.165) is 64.2 Å². The van der Waals surface area contributed by atoms with Crippen LogP contribution in [0.25, 0.3) is 0 Å². The Hall–Kier alpha value is -1.47. The fourth-order valence-electron chi connectivity index (χ4n) is 11.4. The van der Waals surface area contributed by atoms with Crippen LogP contribution in [0.2, 0.25) is 0 Å². The number of aliphatic hydroxyl groups excluding tert-OH is 11. The molecule has 19 heteroatoms. The predicted octanol–water partition coefficient (Wildman–Crippen LogP) is 7.33. The molecule has 0 bridgehead atoms. The normalized spacial score (nSPS) is 29.6. The Bertz CT molecular complexity index is 1550. The van der Waals surface area contributed by atoms with Gasteiger partial charge in [-0.3, -0.25) is 4.79 Å². The number of unbranched alkanes of at least 4 members (excludes halogenated alkanes) is 32. The smallest absolute Gasteiger partial charge is 0.220 e. The van der Waals surface area contributed by atoms with Gasteiger partial charge >= 0.3 is 0 Å². The Morgan fingerprint density at radius 2 is 0.768 bits per heavy atom. The number of nitrogens with one attached hydrogen (secondary N) is 1. The first kappa shape index (κ1) is 74.8. The third-order valence-corrected chi connectivity index (χ3v) is 16.8. The van der Waals surface area contributed by atoms with Crippen LogP contribution >= 0.6 is 0 Å². The molecule has 3 fully saturated rings. The Morgan fingerprint density at radius 3 is 1.21 bits per heavy atom. The minimum absolute atomic E-state index is 0.250. The highest BCUT2D eigenvalue weighted by molar-refractivity contribution is 5.76. The van der Waals surface area contributed by atoms with Crippen molar-refractivity contribution in [2.45, 2.75) is 356 Å². The third kappa shape index (κ3) is 29.5. The van der Waals surface area contributed by atoms with Gasteiger partial charge in [0.1, 0.15) is 73.2 Å². The first-order valence-corrected chi connectivity index (χ1v) is 32.9. The quantitative estimate of drug-likeness (QED) is 0.0210. The minimum Gasteiger partial charge on any atom is -0.394 e. The molecule has 0 aromatic heterocycles. The lowest BCUT2D eigenvalue weighted by molar-refractivity contribution is -0.379. The molecule has 0 radical (unpaired) electrons. The molecule has 1 amide bonds. The number of allylic oxidation sites excluding steroid dienone is 2. The highest BCUT2D eigenvalue weighted by Crippen LogP contribution is 2.33. The van der Waals surface area contributed by atoms with Gasteiger partial charge in [0.2, 0.25) is 5.91 Å². The van der Waals surface area contributed by atoms with Gasteiger partial charge in [0, 0.05) is 6.42 Å². The maximum atomic E-state index is 13.3. The molecule has 3 aliphatic heterocycles. The van der Waals surface area contributed by atoms with Crippen molar-refractivity contribution in [3.63, 3.8) is 0 Å². The number of ether oxygens (including phenoxy) is 6. The van der Waals surface area contributed by atoms with Crippen LogP contribution < -0.4 is 5.32 Å². The standard InChI is InChI=1S/C63H119NO18/c1-3-5-7-9-11-13-15-17-18-19-20-21-22-23-24-25-26-27-28-29-30-32-34-36-38-40-47(68)46(64-51(69)41-39-37-35-33-31-16-14-12-10-8-6-4-2)45-77-61-57(75)54(72)59(49(43-66)79-61)82-63-58(76)55(73)60(50(44-67)80-63)81-62-56(74)53(71)52(70)48(42-65)78-62/h12,14,46-50,52-63,65-68,70-76H,3-11,13,15-45H2,1-2H3,(H,64,69)/b14-12-. The van der Waals surface area contributed by atoms with E-state index in [0.29, 0.717) is 12.8 Å². The molecule has 12 N–H and O–H groups in total. The van der Waals surface area contributed by atoms with Crippen LogP contribution in [-0.2, 0) is 33.2 Å². The largest absolute Gasteiger partial charge is 0.394 e. The van der Waals surface area contributed by atoms with Crippen LogP contribution in [0.1, 0.15) is 251 Å². The summed E-state index contributed by atoms with van der Waals surface area (Å²) in [6.45, 7) is 1.78. The van der Waals surface area contributed by atoms with Gasteiger partial charge in [0.05, 0.1) is 38.6 Å². The van der Waals surface area contributed by atoms with Gasteiger partial charge in [-0.2, -0.15) is 0 Å². The zero-order chi connectivity index (χ0) is 59.7. The van der Waals surface area contributed by atoms with Gasteiger partial charge in [-0.1, -0.05) is 219 Å². The molecule has 17 unspecified atom stereocenters. The van der Waals surface area contributed by atoms with Gasteiger partial charge in [0.25, 0.3) is 0 Å². The summed E-state index contributed by atoms with van der Waals surface area (Å²) in [4.78, 5) is 13.3.